The van der Waals surface area contributed by atoms with Crippen molar-refractivity contribution in [2.75, 3.05) is 14.2 Å². The fourth-order valence-corrected chi connectivity index (χ4v) is 4.85. The molecule has 0 aliphatic heterocycles. The summed E-state index contributed by atoms with van der Waals surface area (Å²) in [7, 11) is 3.18. The molecule has 35 heavy (non-hydrogen) atoms. The van der Waals surface area contributed by atoms with Crippen LogP contribution >= 0.6 is 11.3 Å². The first kappa shape index (κ1) is 22.6. The minimum Gasteiger partial charge on any atom is -0.493 e. The Bertz CT molecular complexity index is 1540. The van der Waals surface area contributed by atoms with E-state index in [0.717, 1.165) is 10.6 Å². The van der Waals surface area contributed by atoms with Gasteiger partial charge in [0.2, 0.25) is 0 Å². The van der Waals surface area contributed by atoms with Crippen molar-refractivity contribution in [3.05, 3.63) is 88.0 Å². The van der Waals surface area contributed by atoms with E-state index in [9.17, 15) is 9.59 Å². The van der Waals surface area contributed by atoms with Crippen LogP contribution in [-0.2, 0) is 22.7 Å². The van der Waals surface area contributed by atoms with E-state index >= 15 is 0 Å². The maximum atomic E-state index is 12.9. The molecule has 0 unspecified atom stereocenters. The first-order chi connectivity index (χ1) is 17.1. The Morgan fingerprint density at radius 1 is 0.914 bits per heavy atom. The number of ether oxygens (including phenoxy) is 3. The average molecular weight is 487 g/mol. The summed E-state index contributed by atoms with van der Waals surface area (Å²) in [5, 5.41) is 3.79. The number of esters is 1. The average Bonchev–Trinajstić information content (AvgIpc) is 3.38. The lowest BCUT2D eigenvalue weighted by molar-refractivity contribution is -0.145. The number of thiazole rings is 1. The highest BCUT2D eigenvalue weighted by molar-refractivity contribution is 7.13. The molecule has 3 aromatic carbocycles. The van der Waals surface area contributed by atoms with Crippen molar-refractivity contribution in [2.24, 2.45) is 0 Å². The molecule has 0 radical (unpaired) electrons. The smallest absolute Gasteiger partial charge is 0.326 e. The second-order valence-electron chi connectivity index (χ2n) is 7.82. The Hall–Kier alpha value is -4.17. The summed E-state index contributed by atoms with van der Waals surface area (Å²) >= 11 is 1.46. The summed E-state index contributed by atoms with van der Waals surface area (Å²) in [4.78, 5) is 30.3. The van der Waals surface area contributed by atoms with Gasteiger partial charge in [0.1, 0.15) is 18.2 Å². The van der Waals surface area contributed by atoms with Crippen LogP contribution in [0.5, 0.6) is 11.5 Å². The number of carbonyl (C=O) groups excluding carboxylic acids is 1. The molecule has 0 aliphatic rings. The van der Waals surface area contributed by atoms with Crippen molar-refractivity contribution in [2.45, 2.75) is 13.2 Å². The van der Waals surface area contributed by atoms with Gasteiger partial charge in [0.25, 0.3) is 0 Å². The quantitative estimate of drug-likeness (QED) is 0.237. The number of rotatable bonds is 7. The molecule has 0 amide bonds. The lowest BCUT2D eigenvalue weighted by Gasteiger charge is -2.14. The van der Waals surface area contributed by atoms with E-state index in [1.165, 1.54) is 11.3 Å². The van der Waals surface area contributed by atoms with Gasteiger partial charge in [-0.2, -0.15) is 0 Å². The maximum Gasteiger partial charge on any atom is 0.326 e. The van der Waals surface area contributed by atoms with E-state index in [4.69, 9.17) is 14.2 Å². The summed E-state index contributed by atoms with van der Waals surface area (Å²) in [6, 6.07) is 20.2. The number of fused-ring (bicyclic) bond motifs is 2. The van der Waals surface area contributed by atoms with Gasteiger partial charge in [-0.3, -0.25) is 9.59 Å². The van der Waals surface area contributed by atoms with E-state index in [1.807, 2.05) is 64.5 Å². The number of para-hydroxylation sites is 2. The second kappa shape index (κ2) is 9.60. The monoisotopic (exact) mass is 486 g/mol. The largest absolute Gasteiger partial charge is 0.493 e. The summed E-state index contributed by atoms with van der Waals surface area (Å²) in [6.45, 7) is 0.0344. The van der Waals surface area contributed by atoms with Gasteiger partial charge in [-0.15, -0.1) is 11.3 Å². The minimum absolute atomic E-state index is 0.0199. The highest BCUT2D eigenvalue weighted by Crippen LogP contribution is 2.33. The van der Waals surface area contributed by atoms with Gasteiger partial charge in [0.15, 0.2) is 16.9 Å². The molecule has 7 nitrogen and oxygen atoms in total. The Morgan fingerprint density at radius 3 is 2.23 bits per heavy atom. The molecular formula is C27H22N2O5S. The molecule has 0 aliphatic carbocycles. The van der Waals surface area contributed by atoms with Crippen LogP contribution in [0.15, 0.2) is 76.9 Å². The van der Waals surface area contributed by atoms with E-state index in [2.05, 4.69) is 4.98 Å². The third-order valence-electron chi connectivity index (χ3n) is 5.73. The molecule has 0 bridgehead atoms. The Morgan fingerprint density at radius 2 is 1.57 bits per heavy atom. The number of nitrogens with zero attached hydrogens (tertiary/aromatic N) is 2. The zero-order valence-corrected chi connectivity index (χ0v) is 20.0. The predicted octanol–water partition coefficient (Wildman–Crippen LogP) is 5.04. The Labute approximate surface area is 205 Å². The molecule has 5 aromatic rings. The van der Waals surface area contributed by atoms with Gasteiger partial charge in [0.05, 0.1) is 30.9 Å². The molecule has 0 spiro atoms. The molecule has 5 rings (SSSR count). The summed E-state index contributed by atoms with van der Waals surface area (Å²) in [5.41, 5.74) is 2.88. The van der Waals surface area contributed by atoms with Crippen LogP contribution in [0.2, 0.25) is 0 Å². The SMILES string of the molecule is COc1ccc(-c2nc(COC(=O)Cn3c4ccccc4c(=O)c4ccccc43)cs2)cc1OC. The van der Waals surface area contributed by atoms with Crippen LogP contribution in [0.4, 0.5) is 0 Å². The summed E-state index contributed by atoms with van der Waals surface area (Å²) in [5.74, 6) is 0.850. The summed E-state index contributed by atoms with van der Waals surface area (Å²) in [6.07, 6.45) is 0. The van der Waals surface area contributed by atoms with Crippen molar-refractivity contribution in [1.82, 2.24) is 9.55 Å². The Balaban J connectivity index is 1.35. The van der Waals surface area contributed by atoms with Gasteiger partial charge < -0.3 is 18.8 Å². The molecule has 0 N–H and O–H groups in total. The van der Waals surface area contributed by atoms with Crippen LogP contribution in [0, 0.1) is 0 Å². The van der Waals surface area contributed by atoms with Crippen molar-refractivity contribution in [1.29, 1.82) is 0 Å². The van der Waals surface area contributed by atoms with Crippen LogP contribution in [0.3, 0.4) is 0 Å². The highest BCUT2D eigenvalue weighted by atomic mass is 32.1. The lowest BCUT2D eigenvalue weighted by atomic mass is 10.1. The van der Waals surface area contributed by atoms with Crippen molar-refractivity contribution >= 4 is 39.1 Å². The topological polar surface area (TPSA) is 79.7 Å². The number of pyridine rings is 1. The molecule has 0 fully saturated rings. The maximum absolute atomic E-state index is 12.9. The van der Waals surface area contributed by atoms with Gasteiger partial charge in [-0.25, -0.2) is 4.98 Å². The van der Waals surface area contributed by atoms with Crippen LogP contribution in [-0.4, -0.2) is 29.7 Å². The van der Waals surface area contributed by atoms with Crippen LogP contribution in [0.1, 0.15) is 5.69 Å². The van der Waals surface area contributed by atoms with Crippen LogP contribution < -0.4 is 14.9 Å². The zero-order valence-electron chi connectivity index (χ0n) is 19.2. The van der Waals surface area contributed by atoms with E-state index in [0.29, 0.717) is 39.0 Å². The van der Waals surface area contributed by atoms with Crippen molar-refractivity contribution in [3.63, 3.8) is 0 Å². The first-order valence-corrected chi connectivity index (χ1v) is 11.8. The van der Waals surface area contributed by atoms with Gasteiger partial charge in [-0.05, 0) is 42.5 Å². The highest BCUT2D eigenvalue weighted by Gasteiger charge is 2.15. The van der Waals surface area contributed by atoms with E-state index in [-0.39, 0.29) is 18.6 Å². The number of benzene rings is 3. The van der Waals surface area contributed by atoms with Crippen molar-refractivity contribution < 1.29 is 19.0 Å². The molecule has 2 heterocycles. The van der Waals surface area contributed by atoms with Gasteiger partial charge in [0, 0.05) is 21.7 Å². The van der Waals surface area contributed by atoms with Gasteiger partial charge in [-0.1, -0.05) is 24.3 Å². The molecule has 176 valence electrons. The number of methoxy groups -OCH3 is 2. The normalized spacial score (nSPS) is 11.0. The number of aromatic nitrogens is 2. The molecule has 2 aromatic heterocycles. The molecule has 0 saturated carbocycles. The molecule has 8 heteroatoms. The first-order valence-electron chi connectivity index (χ1n) is 10.9. The van der Waals surface area contributed by atoms with Crippen LogP contribution in [0.25, 0.3) is 32.4 Å². The van der Waals surface area contributed by atoms with Gasteiger partial charge >= 0.3 is 5.97 Å². The third kappa shape index (κ3) is 4.36. The Kier molecular flexibility index (Phi) is 6.20. The molecule has 0 saturated heterocycles. The molecular weight excluding hydrogens is 464 g/mol. The number of hydrogen-bond donors (Lipinski definition) is 0. The third-order valence-corrected chi connectivity index (χ3v) is 6.67. The van der Waals surface area contributed by atoms with E-state index < -0.39 is 5.97 Å². The number of carbonyl (C=O) groups is 1. The number of hydrogen-bond acceptors (Lipinski definition) is 7. The fourth-order valence-electron chi connectivity index (χ4n) is 4.05. The second-order valence-corrected chi connectivity index (χ2v) is 8.68. The standard InChI is InChI=1S/C27H22N2O5S/c1-32-23-12-11-17(13-24(23)33-2)27-28-18(16-35-27)15-34-25(30)14-29-21-9-5-3-7-19(21)26(31)20-8-4-6-10-22(20)29/h3-13,16H,14-15H2,1-2H3. The molecule has 0 atom stereocenters. The van der Waals surface area contributed by atoms with Crippen molar-refractivity contribution in [3.8, 4) is 22.1 Å². The van der Waals surface area contributed by atoms with E-state index in [1.54, 1.807) is 26.4 Å². The zero-order chi connectivity index (χ0) is 24.4. The summed E-state index contributed by atoms with van der Waals surface area (Å²) < 4.78 is 18.0. The predicted molar refractivity (Wildman–Crippen MR) is 136 cm³/mol. The fraction of sp³-hybridized carbons (Fsp3) is 0.148. The lowest BCUT2D eigenvalue weighted by Crippen LogP contribution is -2.18. The minimum atomic E-state index is -0.412.